The number of hydrogen-bond donors (Lipinski definition) is 0. The second-order valence-corrected chi connectivity index (χ2v) is 15.3. The molecule has 2 unspecified atom stereocenters. The van der Waals surface area contributed by atoms with Gasteiger partial charge in [-0.25, -0.2) is 0 Å². The molecule has 2 aliphatic rings. The van der Waals surface area contributed by atoms with E-state index in [1.54, 1.807) is 0 Å². The van der Waals surface area contributed by atoms with Crippen molar-refractivity contribution in [2.24, 2.45) is 0 Å². The fraction of sp³-hybridized carbons (Fsp3) is 0.179. The summed E-state index contributed by atoms with van der Waals surface area (Å²) in [5.74, 6) is 2.01. The second kappa shape index (κ2) is 12.6. The molecular formula is C39H34Cl2OZr. The molecule has 4 heteroatoms. The first kappa shape index (κ1) is 31.5. The first-order valence-electron chi connectivity index (χ1n) is 14.5. The molecule has 0 saturated heterocycles. The van der Waals surface area contributed by atoms with Gasteiger partial charge in [-0.2, -0.15) is 0 Å². The van der Waals surface area contributed by atoms with Crippen molar-refractivity contribution in [1.82, 2.24) is 0 Å². The Kier molecular flexibility index (Phi) is 9.24. The molecule has 43 heavy (non-hydrogen) atoms. The van der Waals surface area contributed by atoms with Crippen LogP contribution in [0.15, 0.2) is 95.4 Å². The molecule has 1 aromatic heterocycles. The summed E-state index contributed by atoms with van der Waals surface area (Å²) < 4.78 is 7.25. The zero-order valence-corrected chi connectivity index (χ0v) is 29.1. The van der Waals surface area contributed by atoms with Crippen molar-refractivity contribution in [2.75, 3.05) is 0 Å². The van der Waals surface area contributed by atoms with Gasteiger partial charge in [0.2, 0.25) is 0 Å². The van der Waals surface area contributed by atoms with Crippen LogP contribution in [-0.2, 0) is 23.2 Å². The molecule has 5 aromatic rings. The monoisotopic (exact) mass is 678 g/mol. The van der Waals surface area contributed by atoms with Gasteiger partial charge in [0.25, 0.3) is 0 Å². The zero-order valence-electron chi connectivity index (χ0n) is 25.1. The molecule has 1 heterocycles. The van der Waals surface area contributed by atoms with Crippen molar-refractivity contribution >= 4 is 17.7 Å². The fourth-order valence-electron chi connectivity index (χ4n) is 6.72. The molecule has 0 saturated carbocycles. The second-order valence-electron chi connectivity index (χ2n) is 11.6. The molecular weight excluding hydrogens is 647 g/mol. The van der Waals surface area contributed by atoms with Crippen LogP contribution in [0.2, 0.25) is 0 Å². The molecule has 2 atom stereocenters. The number of halogens is 2. The predicted molar refractivity (Wildman–Crippen MR) is 169 cm³/mol. The molecule has 2 aliphatic carbocycles. The summed E-state index contributed by atoms with van der Waals surface area (Å²) in [6.45, 7) is 11.2. The van der Waals surface area contributed by atoms with E-state index in [2.05, 4.69) is 138 Å². The van der Waals surface area contributed by atoms with Gasteiger partial charge >= 0.3 is 257 Å². The fourth-order valence-corrected chi connectivity index (χ4v) is 11.2. The van der Waals surface area contributed by atoms with Gasteiger partial charge in [-0.1, -0.05) is 0 Å². The zero-order chi connectivity index (χ0) is 28.2. The molecule has 0 N–H and O–H groups in total. The van der Waals surface area contributed by atoms with Gasteiger partial charge in [-0.3, -0.25) is 0 Å². The minimum absolute atomic E-state index is 0. The van der Waals surface area contributed by atoms with Gasteiger partial charge in [-0.05, 0) is 0 Å². The molecule has 0 amide bonds. The molecule has 7 rings (SSSR count). The number of allylic oxidation sites excluding steroid dienone is 2. The van der Waals surface area contributed by atoms with E-state index in [0.29, 0.717) is 7.25 Å². The third kappa shape index (κ3) is 5.48. The van der Waals surface area contributed by atoms with E-state index in [1.165, 1.54) is 72.3 Å². The van der Waals surface area contributed by atoms with Crippen molar-refractivity contribution in [3.05, 3.63) is 147 Å². The Morgan fingerprint density at radius 2 is 1.19 bits per heavy atom. The number of hydrogen-bond acceptors (Lipinski definition) is 1. The van der Waals surface area contributed by atoms with Crippen LogP contribution in [0.25, 0.3) is 40.0 Å². The summed E-state index contributed by atoms with van der Waals surface area (Å²) in [4.78, 5) is 0. The minimum Gasteiger partial charge on any atom is -1.00 e. The van der Waals surface area contributed by atoms with E-state index < -0.39 is 23.2 Å². The van der Waals surface area contributed by atoms with Gasteiger partial charge in [0, 0.05) is 0 Å². The molecule has 4 aromatic carbocycles. The smallest absolute Gasteiger partial charge is 1.00 e. The largest absolute Gasteiger partial charge is 1.00 e. The Hall–Kier alpha value is -2.90. The SMILES string of the molecule is Cc1ccc(C2=Cc3c(cc(C)c(C)c3-c3ccccc3)[CH]2[Zr+2][CH]2C=Cc3c2cc(C)c(C)c3-c2ccccc2)o1.[Cl-].[Cl-]. The van der Waals surface area contributed by atoms with Crippen molar-refractivity contribution in [1.29, 1.82) is 0 Å². The number of fused-ring (bicyclic) bond motifs is 2. The number of furan rings is 1. The minimum atomic E-state index is -1.08. The maximum atomic E-state index is 6.32. The molecule has 0 bridgehead atoms. The average Bonchev–Trinajstić information content (AvgIpc) is 3.69. The van der Waals surface area contributed by atoms with E-state index in [9.17, 15) is 0 Å². The molecule has 0 fully saturated rings. The predicted octanol–water partition coefficient (Wildman–Crippen LogP) is 4.61. The first-order chi connectivity index (χ1) is 19.9. The summed E-state index contributed by atoms with van der Waals surface area (Å²) >= 11 is -1.08. The maximum absolute atomic E-state index is 6.32. The Labute approximate surface area is 279 Å². The Morgan fingerprint density at radius 3 is 1.74 bits per heavy atom. The number of rotatable bonds is 5. The van der Waals surface area contributed by atoms with Crippen LogP contribution in [0.1, 0.15) is 63.3 Å². The van der Waals surface area contributed by atoms with Crippen molar-refractivity contribution in [3.63, 3.8) is 0 Å². The van der Waals surface area contributed by atoms with Gasteiger partial charge in [0.15, 0.2) is 0 Å². The maximum Gasteiger partial charge on any atom is -1.00 e. The Balaban J connectivity index is 0.00000184. The van der Waals surface area contributed by atoms with Gasteiger partial charge in [0.1, 0.15) is 0 Å². The molecule has 0 aliphatic heterocycles. The number of aryl methyl sites for hydroxylation is 3. The normalized spacial score (nSPS) is 16.1. The van der Waals surface area contributed by atoms with Gasteiger partial charge in [-0.15, -0.1) is 0 Å². The third-order valence-corrected chi connectivity index (χ3v) is 13.5. The number of benzene rings is 4. The third-order valence-electron chi connectivity index (χ3n) is 9.05. The molecule has 0 spiro atoms. The van der Waals surface area contributed by atoms with Crippen molar-refractivity contribution in [3.8, 4) is 22.3 Å². The van der Waals surface area contributed by atoms with E-state index in [-0.39, 0.29) is 24.8 Å². The molecule has 0 radical (unpaired) electrons. The van der Waals surface area contributed by atoms with Crippen LogP contribution >= 0.6 is 0 Å². The quantitative estimate of drug-likeness (QED) is 0.265. The Morgan fingerprint density at radius 1 is 0.628 bits per heavy atom. The van der Waals surface area contributed by atoms with Crippen LogP contribution in [0.4, 0.5) is 0 Å². The van der Waals surface area contributed by atoms with Crippen LogP contribution in [0.5, 0.6) is 0 Å². The summed E-state index contributed by atoms with van der Waals surface area (Å²) in [6.07, 6.45) is 7.40. The van der Waals surface area contributed by atoms with Crippen molar-refractivity contribution < 1.29 is 52.5 Å². The van der Waals surface area contributed by atoms with Gasteiger partial charge in [0.05, 0.1) is 0 Å². The van der Waals surface area contributed by atoms with Crippen LogP contribution in [0.3, 0.4) is 0 Å². The average molecular weight is 681 g/mol. The summed E-state index contributed by atoms with van der Waals surface area (Å²) in [6, 6.07) is 31.1. The van der Waals surface area contributed by atoms with Crippen LogP contribution in [-0.4, -0.2) is 0 Å². The molecule has 1 nitrogen and oxygen atoms in total. The summed E-state index contributed by atoms with van der Waals surface area (Å²) in [5, 5.41) is 0. The first-order valence-corrected chi connectivity index (χ1v) is 17.4. The Bertz CT molecular complexity index is 1870. The summed E-state index contributed by atoms with van der Waals surface area (Å²) in [5.41, 5.74) is 18.1. The van der Waals surface area contributed by atoms with E-state index in [4.69, 9.17) is 4.42 Å². The van der Waals surface area contributed by atoms with E-state index in [1.807, 2.05) is 0 Å². The van der Waals surface area contributed by atoms with Crippen LogP contribution in [0, 0.1) is 34.6 Å². The van der Waals surface area contributed by atoms with E-state index >= 15 is 0 Å². The van der Waals surface area contributed by atoms with Gasteiger partial charge < -0.3 is 24.8 Å². The molecule has 214 valence electrons. The standard InChI is InChI=1S/C22H19O.C17H15.2ClH.Zr/c1-14-11-18-12-19(21-10-9-15(2)23-21)13-20(18)22(16(14)3)17-7-5-4-6-8-17;1-12-11-15-9-6-10-16(15)17(13(12)2)14-7-4-3-5-8-14;;;/h4-13H,1-3H3;3-11H,1-2H3;2*1H;/q;;;;+2/p-2. The van der Waals surface area contributed by atoms with E-state index in [0.717, 1.165) is 11.5 Å². The summed E-state index contributed by atoms with van der Waals surface area (Å²) in [7, 11) is 0. The van der Waals surface area contributed by atoms with Crippen LogP contribution < -0.4 is 24.8 Å². The van der Waals surface area contributed by atoms with Crippen molar-refractivity contribution in [2.45, 2.75) is 41.9 Å². The topological polar surface area (TPSA) is 13.1 Å².